The number of hydrogen-bond acceptors (Lipinski definition) is 2. The van der Waals surface area contributed by atoms with Gasteiger partial charge in [-0.2, -0.15) is 13.5 Å². The molecule has 0 bridgehead atoms. The highest BCUT2D eigenvalue weighted by Gasteiger charge is 2.39. The lowest BCUT2D eigenvalue weighted by Crippen LogP contribution is -2.31. The molecule has 12 nitrogen and oxygen atoms in total. The van der Waals surface area contributed by atoms with Crippen LogP contribution in [0.5, 0.6) is 0 Å². The Bertz CT molecular complexity index is 907. The average Bonchev–Trinajstić information content (AvgIpc) is 2.68. The van der Waals surface area contributed by atoms with Crippen LogP contribution in [0.2, 0.25) is 0 Å². The molecule has 0 heterocycles. The summed E-state index contributed by atoms with van der Waals surface area (Å²) < 4.78 is 38.6. The second-order valence-corrected chi connectivity index (χ2v) is 25.1. The van der Waals surface area contributed by atoms with Crippen molar-refractivity contribution >= 4 is 29.7 Å². The zero-order valence-electron chi connectivity index (χ0n) is 27.4. The SMILES string of the molecule is CNCP(=NP(=NC(C)(C)C)(N=P(C)(N(C)C)N(C)C)N=P(N(C)C)(N(C)C)N(C)C)(N(C)C)N(C)C. The quantitative estimate of drug-likeness (QED) is 0.294. The van der Waals surface area contributed by atoms with E-state index in [-0.39, 0.29) is 0 Å². The van der Waals surface area contributed by atoms with Gasteiger partial charge in [0.15, 0.2) is 7.51 Å². The summed E-state index contributed by atoms with van der Waals surface area (Å²) in [6.07, 6.45) is 0.704. The van der Waals surface area contributed by atoms with Crippen molar-refractivity contribution in [3.05, 3.63) is 0 Å². The van der Waals surface area contributed by atoms with Crippen molar-refractivity contribution < 1.29 is 0 Å². The molecular formula is C21H60N12P4. The first-order chi connectivity index (χ1) is 16.5. The van der Waals surface area contributed by atoms with E-state index >= 15 is 0 Å². The molecule has 0 aromatic rings. The highest BCUT2D eigenvalue weighted by Crippen LogP contribution is 2.77. The van der Waals surface area contributed by atoms with Crippen molar-refractivity contribution in [2.45, 2.75) is 26.3 Å². The topological polar surface area (TPSA) is 84.1 Å². The molecule has 0 aliphatic carbocycles. The van der Waals surface area contributed by atoms with E-state index in [0.717, 1.165) is 0 Å². The second-order valence-electron chi connectivity index (χ2n) is 11.6. The third kappa shape index (κ3) is 8.79. The summed E-state index contributed by atoms with van der Waals surface area (Å²) in [6, 6.07) is 0. The van der Waals surface area contributed by atoms with Gasteiger partial charge in [0.1, 0.15) is 14.7 Å². The van der Waals surface area contributed by atoms with Gasteiger partial charge < -0.3 is 5.32 Å². The van der Waals surface area contributed by atoms with Gasteiger partial charge in [-0.1, -0.05) is 0 Å². The zero-order chi connectivity index (χ0) is 29.8. The lowest BCUT2D eigenvalue weighted by atomic mass is 10.1. The number of hydrogen-bond donors (Lipinski definition) is 1. The first kappa shape index (κ1) is 37.6. The fourth-order valence-electron chi connectivity index (χ4n) is 3.97. The number of nitrogens with one attached hydrogen (secondary N) is 1. The minimum Gasteiger partial charge on any atom is -0.312 e. The summed E-state index contributed by atoms with van der Waals surface area (Å²) in [4.78, 5) is 0. The molecule has 0 saturated heterocycles. The monoisotopic (exact) mass is 604 g/mol. The third-order valence-electron chi connectivity index (χ3n) is 6.00. The Labute approximate surface area is 230 Å². The van der Waals surface area contributed by atoms with E-state index in [0.29, 0.717) is 6.29 Å². The molecule has 0 saturated carbocycles. The molecule has 16 heteroatoms. The molecule has 224 valence electrons. The van der Waals surface area contributed by atoms with Crippen molar-refractivity contribution in [3.63, 3.8) is 0 Å². The fourth-order valence-corrected chi connectivity index (χ4v) is 20.6. The van der Waals surface area contributed by atoms with Gasteiger partial charge in [0.05, 0.1) is 11.8 Å². The molecule has 0 radical (unpaired) electrons. The van der Waals surface area contributed by atoms with Crippen LogP contribution in [-0.4, -0.2) is 157 Å². The maximum absolute atomic E-state index is 5.83. The molecule has 0 aliphatic rings. The highest BCUT2D eigenvalue weighted by atomic mass is 31.3. The van der Waals surface area contributed by atoms with Gasteiger partial charge >= 0.3 is 7.51 Å². The molecule has 0 amide bonds. The molecule has 1 N–H and O–H groups in total. The highest BCUT2D eigenvalue weighted by molar-refractivity contribution is 7.81. The largest absolute Gasteiger partial charge is 0.312 e. The van der Waals surface area contributed by atoms with Gasteiger partial charge in [-0.15, -0.1) is 0 Å². The molecule has 0 aliphatic heterocycles. The summed E-state index contributed by atoms with van der Waals surface area (Å²) in [5, 5.41) is 3.43. The van der Waals surface area contributed by atoms with Gasteiger partial charge in [-0.05, 0) is 133 Å². The molecule has 0 aromatic heterocycles. The Morgan fingerprint density at radius 1 is 0.568 bits per heavy atom. The summed E-state index contributed by atoms with van der Waals surface area (Å²) in [7, 11) is 21.5. The Morgan fingerprint density at radius 2 is 0.946 bits per heavy atom. The Kier molecular flexibility index (Phi) is 14.2. The molecule has 37 heavy (non-hydrogen) atoms. The summed E-state index contributed by atoms with van der Waals surface area (Å²) in [5.41, 5.74) is -0.401. The molecule has 1 unspecified atom stereocenters. The minimum absolute atomic E-state index is 0.401. The van der Waals surface area contributed by atoms with Crippen LogP contribution in [0.15, 0.2) is 18.3 Å². The van der Waals surface area contributed by atoms with E-state index in [1.165, 1.54) is 0 Å². The van der Waals surface area contributed by atoms with E-state index in [1.807, 2.05) is 7.05 Å². The molecule has 0 fully saturated rings. The fraction of sp³-hybridized carbons (Fsp3) is 1.00. The predicted molar refractivity (Wildman–Crippen MR) is 173 cm³/mol. The maximum Gasteiger partial charge on any atom is 0.304 e. The normalized spacial score (nSPS) is 15.9. The van der Waals surface area contributed by atoms with Crippen LogP contribution in [0.4, 0.5) is 0 Å². The van der Waals surface area contributed by atoms with Gasteiger partial charge in [0.25, 0.3) is 0 Å². The summed E-state index contributed by atoms with van der Waals surface area (Å²) in [5.74, 6) is 0. The standard InChI is InChI=1S/C21H60N12P4/c1-21(2,3)23-36(24-34(19,27(5)6)28(7)8,25-35(20-22-4,29(9)10)30(11)12)26-37(31(13)14,32(15)16)33(17)18/h22H,20H2,1-19H3. The molecular weight excluding hydrogens is 544 g/mol. The van der Waals surface area contributed by atoms with Crippen molar-refractivity contribution in [3.8, 4) is 0 Å². The van der Waals surface area contributed by atoms with E-state index in [9.17, 15) is 0 Å². The first-order valence-corrected chi connectivity index (χ1v) is 19.5. The zero-order valence-corrected chi connectivity index (χ0v) is 31.0. The van der Waals surface area contributed by atoms with Crippen molar-refractivity contribution in [2.24, 2.45) is 18.3 Å². The van der Waals surface area contributed by atoms with Crippen molar-refractivity contribution in [1.29, 1.82) is 0 Å². The lowest BCUT2D eigenvalue weighted by molar-refractivity contribution is 0.475. The molecule has 1 atom stereocenters. The third-order valence-corrected chi connectivity index (χ3v) is 22.8. The molecule has 0 rings (SSSR count). The maximum atomic E-state index is 5.83. The van der Waals surface area contributed by atoms with Crippen LogP contribution >= 0.6 is 29.7 Å². The minimum atomic E-state index is -3.07. The van der Waals surface area contributed by atoms with Gasteiger partial charge in [0.2, 0.25) is 0 Å². The number of nitrogens with zero attached hydrogens (tertiary/aromatic N) is 11. The summed E-state index contributed by atoms with van der Waals surface area (Å²) in [6.45, 7) is 8.63. The Morgan fingerprint density at radius 3 is 1.19 bits per heavy atom. The van der Waals surface area contributed by atoms with Crippen molar-refractivity contribution in [1.82, 2.24) is 38.0 Å². The van der Waals surface area contributed by atoms with E-state index in [1.54, 1.807) is 0 Å². The van der Waals surface area contributed by atoms with Crippen molar-refractivity contribution in [2.75, 3.05) is 119 Å². The summed E-state index contributed by atoms with van der Waals surface area (Å²) >= 11 is 0. The molecule has 0 aromatic carbocycles. The first-order valence-electron chi connectivity index (χ1n) is 12.4. The Hall–Kier alpha value is 0.600. The van der Waals surface area contributed by atoms with Crippen LogP contribution in [0.3, 0.4) is 0 Å². The van der Waals surface area contributed by atoms with Crippen LogP contribution < -0.4 is 5.32 Å². The van der Waals surface area contributed by atoms with Gasteiger partial charge in [-0.3, -0.25) is 32.7 Å². The van der Waals surface area contributed by atoms with E-state index < -0.39 is 35.3 Å². The van der Waals surface area contributed by atoms with E-state index in [2.05, 4.69) is 164 Å². The smallest absolute Gasteiger partial charge is 0.304 e. The van der Waals surface area contributed by atoms with Crippen LogP contribution in [0.25, 0.3) is 0 Å². The molecule has 0 spiro atoms. The predicted octanol–water partition coefficient (Wildman–Crippen LogP) is 5.48. The van der Waals surface area contributed by atoms with E-state index in [4.69, 9.17) is 18.3 Å². The van der Waals surface area contributed by atoms with Crippen LogP contribution in [0, 0.1) is 0 Å². The van der Waals surface area contributed by atoms with Gasteiger partial charge in [0, 0.05) is 0 Å². The lowest BCUT2D eigenvalue weighted by Gasteiger charge is -2.44. The second kappa shape index (κ2) is 14.0. The number of rotatable bonds is 12. The van der Waals surface area contributed by atoms with Crippen LogP contribution in [0.1, 0.15) is 20.8 Å². The average molecular weight is 605 g/mol. The Balaban J connectivity index is 9.03. The van der Waals surface area contributed by atoms with Gasteiger partial charge in [-0.25, -0.2) is 4.74 Å². The van der Waals surface area contributed by atoms with Crippen LogP contribution in [-0.2, 0) is 0 Å².